The highest BCUT2D eigenvalue weighted by molar-refractivity contribution is 5.83. The number of nitrogens with two attached hydrogens (primary N) is 1. The maximum absolute atomic E-state index is 12.0. The standard InChI is InChI=1S/C13H27N3O/c1-3-9-16(4-2)10-8-15-12(17)13(11-14)6-5-7-13/h3-11,14H2,1-2H3,(H,15,17). The number of amides is 1. The van der Waals surface area contributed by atoms with E-state index in [9.17, 15) is 4.79 Å². The van der Waals surface area contributed by atoms with Crippen LogP contribution in [0.15, 0.2) is 0 Å². The normalized spacial score (nSPS) is 17.9. The molecular formula is C13H27N3O. The first-order chi connectivity index (χ1) is 8.18. The molecule has 0 heterocycles. The van der Waals surface area contributed by atoms with Crippen LogP contribution in [-0.4, -0.2) is 43.5 Å². The lowest BCUT2D eigenvalue weighted by molar-refractivity contribution is -0.135. The van der Waals surface area contributed by atoms with Crippen molar-refractivity contribution < 1.29 is 4.79 Å². The summed E-state index contributed by atoms with van der Waals surface area (Å²) >= 11 is 0. The molecule has 4 heteroatoms. The molecule has 1 aliphatic carbocycles. The Labute approximate surface area is 105 Å². The van der Waals surface area contributed by atoms with Gasteiger partial charge in [-0.1, -0.05) is 20.3 Å². The molecular weight excluding hydrogens is 214 g/mol. The number of hydrogen-bond donors (Lipinski definition) is 2. The predicted octanol–water partition coefficient (Wildman–Crippen LogP) is 0.964. The van der Waals surface area contributed by atoms with Gasteiger partial charge in [-0.15, -0.1) is 0 Å². The monoisotopic (exact) mass is 241 g/mol. The van der Waals surface area contributed by atoms with Crippen LogP contribution in [0.4, 0.5) is 0 Å². The molecule has 0 radical (unpaired) electrons. The molecule has 0 aromatic heterocycles. The molecule has 17 heavy (non-hydrogen) atoms. The quantitative estimate of drug-likeness (QED) is 0.665. The van der Waals surface area contributed by atoms with E-state index in [1.54, 1.807) is 0 Å². The number of nitrogens with one attached hydrogen (secondary N) is 1. The van der Waals surface area contributed by atoms with E-state index in [-0.39, 0.29) is 11.3 Å². The van der Waals surface area contributed by atoms with E-state index in [1.807, 2.05) is 0 Å². The fourth-order valence-electron chi connectivity index (χ4n) is 2.39. The van der Waals surface area contributed by atoms with Crippen LogP contribution in [0.1, 0.15) is 39.5 Å². The molecule has 0 aromatic carbocycles. The summed E-state index contributed by atoms with van der Waals surface area (Å²) in [6.45, 7) is 8.67. The van der Waals surface area contributed by atoms with Gasteiger partial charge >= 0.3 is 0 Å². The minimum absolute atomic E-state index is 0.166. The van der Waals surface area contributed by atoms with Gasteiger partial charge < -0.3 is 16.0 Å². The van der Waals surface area contributed by atoms with Crippen molar-refractivity contribution in [2.24, 2.45) is 11.1 Å². The molecule has 100 valence electrons. The van der Waals surface area contributed by atoms with Crippen LogP contribution in [0, 0.1) is 5.41 Å². The van der Waals surface area contributed by atoms with E-state index < -0.39 is 0 Å². The van der Waals surface area contributed by atoms with Gasteiger partial charge in [-0.25, -0.2) is 0 Å². The Morgan fingerprint density at radius 3 is 2.47 bits per heavy atom. The molecule has 1 fully saturated rings. The first-order valence-electron chi connectivity index (χ1n) is 6.89. The summed E-state index contributed by atoms with van der Waals surface area (Å²) in [5.41, 5.74) is 5.47. The Morgan fingerprint density at radius 2 is 2.06 bits per heavy atom. The Morgan fingerprint density at radius 1 is 1.35 bits per heavy atom. The highest BCUT2D eigenvalue weighted by atomic mass is 16.2. The van der Waals surface area contributed by atoms with Crippen LogP contribution in [0.25, 0.3) is 0 Å². The van der Waals surface area contributed by atoms with Crippen LogP contribution in [-0.2, 0) is 4.79 Å². The van der Waals surface area contributed by atoms with E-state index >= 15 is 0 Å². The first-order valence-corrected chi connectivity index (χ1v) is 6.89. The van der Waals surface area contributed by atoms with Crippen LogP contribution in [0.2, 0.25) is 0 Å². The number of rotatable bonds is 8. The fraction of sp³-hybridized carbons (Fsp3) is 0.923. The summed E-state index contributed by atoms with van der Waals surface area (Å²) < 4.78 is 0. The third-order valence-electron chi connectivity index (χ3n) is 3.88. The summed E-state index contributed by atoms with van der Waals surface area (Å²) in [5.74, 6) is 0.166. The van der Waals surface area contributed by atoms with Crippen molar-refractivity contribution in [1.29, 1.82) is 0 Å². The number of hydrogen-bond acceptors (Lipinski definition) is 3. The summed E-state index contributed by atoms with van der Waals surface area (Å²) in [4.78, 5) is 14.4. The lowest BCUT2D eigenvalue weighted by Gasteiger charge is -2.39. The van der Waals surface area contributed by atoms with Crippen molar-refractivity contribution in [3.05, 3.63) is 0 Å². The molecule has 1 saturated carbocycles. The molecule has 1 amide bonds. The van der Waals surface area contributed by atoms with Gasteiger partial charge in [0.25, 0.3) is 0 Å². The topological polar surface area (TPSA) is 58.4 Å². The highest BCUT2D eigenvalue weighted by Crippen LogP contribution is 2.39. The Hall–Kier alpha value is -0.610. The van der Waals surface area contributed by atoms with Crippen LogP contribution in [0.3, 0.4) is 0 Å². The Balaban J connectivity index is 2.23. The van der Waals surface area contributed by atoms with Gasteiger partial charge in [-0.2, -0.15) is 0 Å². The van der Waals surface area contributed by atoms with Gasteiger partial charge in [0.15, 0.2) is 0 Å². The fourth-order valence-corrected chi connectivity index (χ4v) is 2.39. The second-order valence-corrected chi connectivity index (χ2v) is 5.03. The van der Waals surface area contributed by atoms with E-state index in [1.165, 1.54) is 0 Å². The molecule has 0 saturated heterocycles. The van der Waals surface area contributed by atoms with Crippen molar-refractivity contribution in [1.82, 2.24) is 10.2 Å². The van der Waals surface area contributed by atoms with Gasteiger partial charge in [0.05, 0.1) is 5.41 Å². The number of likely N-dealkylation sites (N-methyl/N-ethyl adjacent to an activating group) is 1. The first kappa shape index (κ1) is 14.5. The van der Waals surface area contributed by atoms with Crippen molar-refractivity contribution >= 4 is 5.91 Å². The van der Waals surface area contributed by atoms with Crippen molar-refractivity contribution in [3.63, 3.8) is 0 Å². The van der Waals surface area contributed by atoms with Gasteiger partial charge in [-0.3, -0.25) is 4.79 Å². The van der Waals surface area contributed by atoms with Crippen molar-refractivity contribution in [3.8, 4) is 0 Å². The Kier molecular flexibility index (Phi) is 5.92. The lowest BCUT2D eigenvalue weighted by Crippen LogP contribution is -2.51. The lowest BCUT2D eigenvalue weighted by atomic mass is 9.68. The third kappa shape index (κ3) is 3.68. The average molecular weight is 241 g/mol. The highest BCUT2D eigenvalue weighted by Gasteiger charge is 2.42. The third-order valence-corrected chi connectivity index (χ3v) is 3.88. The number of carbonyl (C=O) groups is 1. The maximum Gasteiger partial charge on any atom is 0.227 e. The molecule has 4 nitrogen and oxygen atoms in total. The molecule has 1 aliphatic rings. The molecule has 0 bridgehead atoms. The SMILES string of the molecule is CCCN(CC)CCNC(=O)C1(CN)CCC1. The van der Waals surface area contributed by atoms with Gasteiger partial charge in [-0.05, 0) is 32.4 Å². The molecule has 0 aliphatic heterocycles. The average Bonchev–Trinajstić information content (AvgIpc) is 2.27. The van der Waals surface area contributed by atoms with E-state index in [0.29, 0.717) is 6.54 Å². The zero-order chi connectivity index (χ0) is 12.7. The van der Waals surface area contributed by atoms with Crippen LogP contribution in [0.5, 0.6) is 0 Å². The maximum atomic E-state index is 12.0. The minimum atomic E-state index is -0.234. The van der Waals surface area contributed by atoms with E-state index in [0.717, 1.165) is 51.9 Å². The summed E-state index contributed by atoms with van der Waals surface area (Å²) in [6.07, 6.45) is 4.22. The number of nitrogens with zero attached hydrogens (tertiary/aromatic N) is 1. The number of carbonyl (C=O) groups excluding carboxylic acids is 1. The Bertz CT molecular complexity index is 233. The summed E-state index contributed by atoms with van der Waals surface area (Å²) in [5, 5.41) is 3.04. The molecule has 0 unspecified atom stereocenters. The van der Waals surface area contributed by atoms with Crippen LogP contribution < -0.4 is 11.1 Å². The molecule has 0 spiro atoms. The van der Waals surface area contributed by atoms with Crippen molar-refractivity contribution in [2.45, 2.75) is 39.5 Å². The molecule has 3 N–H and O–H groups in total. The molecule has 0 atom stereocenters. The van der Waals surface area contributed by atoms with E-state index in [4.69, 9.17) is 5.73 Å². The zero-order valence-electron chi connectivity index (χ0n) is 11.3. The van der Waals surface area contributed by atoms with Crippen LogP contribution >= 0.6 is 0 Å². The summed E-state index contributed by atoms with van der Waals surface area (Å²) in [6, 6.07) is 0. The van der Waals surface area contributed by atoms with Gasteiger partial charge in [0, 0.05) is 19.6 Å². The second-order valence-electron chi connectivity index (χ2n) is 5.03. The smallest absolute Gasteiger partial charge is 0.227 e. The van der Waals surface area contributed by atoms with Crippen molar-refractivity contribution in [2.75, 3.05) is 32.7 Å². The van der Waals surface area contributed by atoms with Gasteiger partial charge in [0.1, 0.15) is 0 Å². The second kappa shape index (κ2) is 6.97. The van der Waals surface area contributed by atoms with E-state index in [2.05, 4.69) is 24.1 Å². The molecule has 0 aromatic rings. The largest absolute Gasteiger partial charge is 0.354 e. The predicted molar refractivity (Wildman–Crippen MR) is 70.8 cm³/mol. The zero-order valence-corrected chi connectivity index (χ0v) is 11.3. The molecule has 1 rings (SSSR count). The summed E-state index contributed by atoms with van der Waals surface area (Å²) in [7, 11) is 0. The van der Waals surface area contributed by atoms with Gasteiger partial charge in [0.2, 0.25) is 5.91 Å². The minimum Gasteiger partial charge on any atom is -0.354 e.